The Hall–Kier alpha value is -3.42. The van der Waals surface area contributed by atoms with Crippen molar-refractivity contribution < 1.29 is 23.5 Å². The zero-order chi connectivity index (χ0) is 24.9. The number of anilines is 1. The molecule has 0 bridgehead atoms. The number of benzene rings is 1. The van der Waals surface area contributed by atoms with Crippen molar-refractivity contribution in [1.29, 1.82) is 0 Å². The van der Waals surface area contributed by atoms with Gasteiger partial charge in [-0.05, 0) is 37.3 Å². The summed E-state index contributed by atoms with van der Waals surface area (Å²) in [6.07, 6.45) is 4.80. The van der Waals surface area contributed by atoms with Crippen LogP contribution in [0, 0.1) is 11.8 Å². The Morgan fingerprint density at radius 3 is 2.63 bits per heavy atom. The van der Waals surface area contributed by atoms with Gasteiger partial charge in [0, 0.05) is 29.9 Å². The maximum Gasteiger partial charge on any atom is 0.276 e. The molecule has 1 aromatic carbocycles. The van der Waals surface area contributed by atoms with E-state index >= 15 is 0 Å². The quantitative estimate of drug-likeness (QED) is 0.578. The highest BCUT2D eigenvalue weighted by atomic mass is 16.5. The van der Waals surface area contributed by atoms with Crippen molar-refractivity contribution in [3.8, 4) is 11.5 Å². The van der Waals surface area contributed by atoms with Crippen molar-refractivity contribution in [3.63, 3.8) is 0 Å². The zero-order valence-corrected chi connectivity index (χ0v) is 21.0. The number of furan rings is 1. The maximum absolute atomic E-state index is 14.1. The van der Waals surface area contributed by atoms with Crippen molar-refractivity contribution in [3.05, 3.63) is 42.3 Å². The molecule has 8 heteroatoms. The molecule has 2 aromatic heterocycles. The minimum absolute atomic E-state index is 0.0745. The monoisotopic (exact) mass is 479 g/mol. The molecule has 1 N–H and O–H groups in total. The van der Waals surface area contributed by atoms with Gasteiger partial charge in [0.1, 0.15) is 11.2 Å². The van der Waals surface area contributed by atoms with Crippen LogP contribution in [0.5, 0.6) is 11.5 Å². The molecule has 0 radical (unpaired) electrons. The predicted octanol–water partition coefficient (Wildman–Crippen LogP) is 4.61. The first-order chi connectivity index (χ1) is 16.8. The number of amides is 2. The largest absolute Gasteiger partial charge is 0.493 e. The van der Waals surface area contributed by atoms with Crippen LogP contribution < -0.4 is 19.7 Å². The van der Waals surface area contributed by atoms with Gasteiger partial charge in [-0.2, -0.15) is 0 Å². The van der Waals surface area contributed by atoms with Crippen LogP contribution in [-0.2, 0) is 11.3 Å². The second-order valence-electron chi connectivity index (χ2n) is 10.1. The summed E-state index contributed by atoms with van der Waals surface area (Å²) in [5, 5.41) is 3.32. The molecule has 1 saturated carbocycles. The molecule has 186 valence electrons. The SMILES string of the molecule is COc1ccc(N2C(=O)c3cc4occc4n3C[C@]2(C)C(=O)N[C@@H]2CCC[C@H](C)[C@@H]2C)cc1OC. The third-order valence-corrected chi connectivity index (χ3v) is 8.04. The lowest BCUT2D eigenvalue weighted by molar-refractivity contribution is -0.128. The molecule has 0 spiro atoms. The van der Waals surface area contributed by atoms with Crippen LogP contribution in [0.2, 0.25) is 0 Å². The fourth-order valence-corrected chi connectivity index (χ4v) is 5.69. The van der Waals surface area contributed by atoms with Gasteiger partial charge in [0.05, 0.1) is 32.5 Å². The van der Waals surface area contributed by atoms with Crippen molar-refractivity contribution in [2.75, 3.05) is 19.1 Å². The number of rotatable bonds is 5. The predicted molar refractivity (Wildman–Crippen MR) is 133 cm³/mol. The zero-order valence-electron chi connectivity index (χ0n) is 21.0. The van der Waals surface area contributed by atoms with E-state index in [9.17, 15) is 9.59 Å². The lowest BCUT2D eigenvalue weighted by Gasteiger charge is -2.45. The normalized spacial score (nSPS) is 26.5. The highest BCUT2D eigenvalue weighted by Gasteiger charge is 2.50. The average molecular weight is 480 g/mol. The van der Waals surface area contributed by atoms with Crippen LogP contribution in [0.3, 0.4) is 0 Å². The molecule has 1 aliphatic carbocycles. The topological polar surface area (TPSA) is 85.9 Å². The summed E-state index contributed by atoms with van der Waals surface area (Å²) in [4.78, 5) is 29.6. The Labute approximate surface area is 205 Å². The van der Waals surface area contributed by atoms with Crippen LogP contribution in [0.4, 0.5) is 5.69 Å². The molecule has 1 fully saturated rings. The van der Waals surface area contributed by atoms with E-state index in [2.05, 4.69) is 19.2 Å². The Kier molecular flexibility index (Phi) is 5.77. The number of carbonyl (C=O) groups excluding carboxylic acids is 2. The van der Waals surface area contributed by atoms with Crippen LogP contribution in [0.25, 0.3) is 11.1 Å². The Bertz CT molecular complexity index is 1280. The molecule has 0 unspecified atom stereocenters. The molecule has 0 saturated heterocycles. The molecule has 2 aliphatic rings. The number of hydrogen-bond acceptors (Lipinski definition) is 5. The molecular formula is C27H33N3O5. The van der Waals surface area contributed by atoms with Gasteiger partial charge in [0.2, 0.25) is 5.91 Å². The van der Waals surface area contributed by atoms with Gasteiger partial charge < -0.3 is 23.8 Å². The third kappa shape index (κ3) is 3.66. The Morgan fingerprint density at radius 1 is 1.11 bits per heavy atom. The minimum atomic E-state index is -1.17. The third-order valence-electron chi connectivity index (χ3n) is 8.04. The highest BCUT2D eigenvalue weighted by Crippen LogP contribution is 2.40. The lowest BCUT2D eigenvalue weighted by atomic mass is 9.77. The van der Waals surface area contributed by atoms with E-state index in [1.165, 1.54) is 6.42 Å². The summed E-state index contributed by atoms with van der Waals surface area (Å²) in [6, 6.07) is 8.94. The summed E-state index contributed by atoms with van der Waals surface area (Å²) in [5.41, 5.74) is 1.31. The van der Waals surface area contributed by atoms with E-state index < -0.39 is 5.54 Å². The smallest absolute Gasteiger partial charge is 0.276 e. The molecule has 35 heavy (non-hydrogen) atoms. The average Bonchev–Trinajstić information content (AvgIpc) is 3.44. The van der Waals surface area contributed by atoms with Gasteiger partial charge in [-0.15, -0.1) is 0 Å². The van der Waals surface area contributed by atoms with Crippen molar-refractivity contribution in [2.24, 2.45) is 11.8 Å². The van der Waals surface area contributed by atoms with Crippen LogP contribution in [0.15, 0.2) is 41.0 Å². The lowest BCUT2D eigenvalue weighted by Crippen LogP contribution is -2.66. The number of methoxy groups -OCH3 is 2. The molecule has 5 rings (SSSR count). The van der Waals surface area contributed by atoms with Gasteiger partial charge in [-0.25, -0.2) is 0 Å². The van der Waals surface area contributed by atoms with E-state index in [-0.39, 0.29) is 17.9 Å². The molecule has 3 heterocycles. The van der Waals surface area contributed by atoms with E-state index in [0.29, 0.717) is 46.8 Å². The summed E-state index contributed by atoms with van der Waals surface area (Å²) < 4.78 is 18.4. The summed E-state index contributed by atoms with van der Waals surface area (Å²) in [5.74, 6) is 1.52. The van der Waals surface area contributed by atoms with Crippen LogP contribution in [-0.4, -0.2) is 42.2 Å². The molecular weight excluding hydrogens is 446 g/mol. The van der Waals surface area contributed by atoms with Gasteiger partial charge >= 0.3 is 0 Å². The van der Waals surface area contributed by atoms with Gasteiger partial charge in [-0.3, -0.25) is 14.5 Å². The first-order valence-electron chi connectivity index (χ1n) is 12.2. The number of nitrogens with one attached hydrogen (secondary N) is 1. The molecule has 2 amide bonds. The summed E-state index contributed by atoms with van der Waals surface area (Å²) in [7, 11) is 3.12. The van der Waals surface area contributed by atoms with Crippen LogP contribution >= 0.6 is 0 Å². The van der Waals surface area contributed by atoms with E-state index in [4.69, 9.17) is 13.9 Å². The maximum atomic E-state index is 14.1. The Balaban J connectivity index is 1.60. The van der Waals surface area contributed by atoms with Gasteiger partial charge in [0.15, 0.2) is 17.1 Å². The second kappa shape index (κ2) is 8.66. The van der Waals surface area contributed by atoms with Crippen LogP contribution in [0.1, 0.15) is 50.5 Å². The fraction of sp³-hybridized carbons (Fsp3) is 0.481. The molecule has 4 atom stereocenters. The molecule has 1 aliphatic heterocycles. The van der Waals surface area contributed by atoms with Gasteiger partial charge in [0.25, 0.3) is 5.91 Å². The Morgan fingerprint density at radius 2 is 1.89 bits per heavy atom. The summed E-state index contributed by atoms with van der Waals surface area (Å²) in [6.45, 7) is 6.58. The minimum Gasteiger partial charge on any atom is -0.493 e. The first-order valence-corrected chi connectivity index (χ1v) is 12.2. The number of carbonyl (C=O) groups is 2. The number of hydrogen-bond donors (Lipinski definition) is 1. The van der Waals surface area contributed by atoms with Crippen molar-refractivity contribution >= 4 is 28.6 Å². The van der Waals surface area contributed by atoms with Gasteiger partial charge in [-0.1, -0.05) is 26.7 Å². The number of ether oxygens (including phenoxy) is 2. The highest BCUT2D eigenvalue weighted by molar-refractivity contribution is 6.13. The van der Waals surface area contributed by atoms with E-state index in [1.807, 2.05) is 17.6 Å². The first kappa shape index (κ1) is 23.3. The van der Waals surface area contributed by atoms with Crippen molar-refractivity contribution in [2.45, 2.75) is 58.2 Å². The number of nitrogens with zero attached hydrogens (tertiary/aromatic N) is 2. The molecule has 8 nitrogen and oxygen atoms in total. The molecule has 3 aromatic rings. The van der Waals surface area contributed by atoms with E-state index in [0.717, 1.165) is 18.4 Å². The number of fused-ring (bicyclic) bond motifs is 3. The second-order valence-corrected chi connectivity index (χ2v) is 10.1. The summed E-state index contributed by atoms with van der Waals surface area (Å²) >= 11 is 0. The fourth-order valence-electron chi connectivity index (χ4n) is 5.69. The van der Waals surface area contributed by atoms with E-state index in [1.54, 1.807) is 49.6 Å². The number of aromatic nitrogens is 1. The standard InChI is InChI=1S/C27H33N3O5/c1-16-7-6-8-19(17(16)2)28-26(32)27(3)15-29-20-11-12-35-23(20)14-21(29)25(31)30(27)18-9-10-22(33-4)24(13-18)34-5/h9-14,16-17,19H,6-8,15H2,1-5H3,(H,28,32)/t16-,17-,19+,27+/m0/s1. The van der Waals surface area contributed by atoms with Crippen molar-refractivity contribution in [1.82, 2.24) is 9.88 Å².